The number of aromatic nitrogens is 1. The monoisotopic (exact) mass is 328 g/mol. The molecule has 1 aromatic heterocycles. The molecule has 0 bridgehead atoms. The summed E-state index contributed by atoms with van der Waals surface area (Å²) in [6, 6.07) is 8.27. The zero-order chi connectivity index (χ0) is 16.9. The van der Waals surface area contributed by atoms with Crippen LogP contribution >= 0.6 is 0 Å². The number of carbonyl (C=O) groups excluding carboxylic acids is 1. The van der Waals surface area contributed by atoms with Crippen LogP contribution in [0.3, 0.4) is 0 Å². The summed E-state index contributed by atoms with van der Waals surface area (Å²) in [6.45, 7) is 3.97. The summed E-state index contributed by atoms with van der Waals surface area (Å²) < 4.78 is 13.6. The lowest BCUT2D eigenvalue weighted by atomic mass is 10.2. The van der Waals surface area contributed by atoms with Crippen LogP contribution in [0.25, 0.3) is 0 Å². The van der Waals surface area contributed by atoms with Gasteiger partial charge in [0.2, 0.25) is 0 Å². The maximum Gasteiger partial charge on any atom is 0.253 e. The van der Waals surface area contributed by atoms with Crippen molar-refractivity contribution in [1.82, 2.24) is 15.2 Å². The molecule has 126 valence electrons. The molecule has 0 spiro atoms. The smallest absolute Gasteiger partial charge is 0.253 e. The first-order valence-corrected chi connectivity index (χ1v) is 8.03. The molecular formula is C18H21FN4O. The average Bonchev–Trinajstić information content (AvgIpc) is 2.61. The number of pyridine rings is 1. The minimum absolute atomic E-state index is 0.157. The molecule has 2 aromatic rings. The van der Waals surface area contributed by atoms with Crippen molar-refractivity contribution in [1.29, 1.82) is 0 Å². The average molecular weight is 328 g/mol. The van der Waals surface area contributed by atoms with E-state index >= 15 is 0 Å². The number of halogens is 1. The number of carbonyl (C=O) groups is 1. The SMILES string of the molecule is CN1CCN(c2cncc(C(=O)NCc3ccccc3F)c2)CC1. The molecule has 0 unspecified atom stereocenters. The first-order valence-electron chi connectivity index (χ1n) is 8.03. The van der Waals surface area contributed by atoms with E-state index in [1.165, 1.54) is 12.3 Å². The van der Waals surface area contributed by atoms with Gasteiger partial charge in [0, 0.05) is 44.5 Å². The number of piperazine rings is 1. The molecule has 5 nitrogen and oxygen atoms in total. The van der Waals surface area contributed by atoms with Gasteiger partial charge >= 0.3 is 0 Å². The maximum absolute atomic E-state index is 13.6. The Kier molecular flexibility index (Phi) is 5.05. The minimum Gasteiger partial charge on any atom is -0.368 e. The highest BCUT2D eigenvalue weighted by molar-refractivity contribution is 5.94. The molecule has 1 N–H and O–H groups in total. The fourth-order valence-corrected chi connectivity index (χ4v) is 2.71. The number of rotatable bonds is 4. The summed E-state index contributed by atoms with van der Waals surface area (Å²) in [4.78, 5) is 21.0. The van der Waals surface area contributed by atoms with Gasteiger partial charge in [-0.25, -0.2) is 4.39 Å². The summed E-state index contributed by atoms with van der Waals surface area (Å²) >= 11 is 0. The minimum atomic E-state index is -0.317. The molecule has 3 rings (SSSR count). The second-order valence-corrected chi connectivity index (χ2v) is 6.00. The Hall–Kier alpha value is -2.47. The molecule has 1 aliphatic rings. The number of benzene rings is 1. The van der Waals surface area contributed by atoms with Crippen LogP contribution in [0, 0.1) is 5.82 Å². The zero-order valence-corrected chi connectivity index (χ0v) is 13.7. The van der Waals surface area contributed by atoms with Crippen LogP contribution in [-0.4, -0.2) is 49.0 Å². The Labute approximate surface area is 141 Å². The lowest BCUT2D eigenvalue weighted by Crippen LogP contribution is -2.44. The van der Waals surface area contributed by atoms with E-state index in [9.17, 15) is 9.18 Å². The Morgan fingerprint density at radius 2 is 1.96 bits per heavy atom. The summed E-state index contributed by atoms with van der Waals surface area (Å²) in [7, 11) is 2.10. The number of amides is 1. The highest BCUT2D eigenvalue weighted by Gasteiger charge is 2.16. The van der Waals surface area contributed by atoms with Crippen LogP contribution < -0.4 is 10.2 Å². The second kappa shape index (κ2) is 7.40. The fourth-order valence-electron chi connectivity index (χ4n) is 2.71. The van der Waals surface area contributed by atoms with Gasteiger partial charge in [0.05, 0.1) is 17.4 Å². The molecule has 1 aliphatic heterocycles. The molecule has 0 radical (unpaired) electrons. The largest absolute Gasteiger partial charge is 0.368 e. The van der Waals surface area contributed by atoms with Gasteiger partial charge < -0.3 is 15.1 Å². The van der Waals surface area contributed by atoms with E-state index in [1.807, 2.05) is 6.07 Å². The van der Waals surface area contributed by atoms with Crippen LogP contribution in [0.1, 0.15) is 15.9 Å². The predicted octanol–water partition coefficient (Wildman–Crippen LogP) is 1.90. The first-order chi connectivity index (χ1) is 11.6. The Balaban J connectivity index is 1.65. The third-order valence-electron chi connectivity index (χ3n) is 4.25. The summed E-state index contributed by atoms with van der Waals surface area (Å²) in [5.41, 5.74) is 1.90. The third-order valence-corrected chi connectivity index (χ3v) is 4.25. The number of nitrogens with zero attached hydrogens (tertiary/aromatic N) is 3. The summed E-state index contributed by atoms with van der Waals surface area (Å²) in [5, 5.41) is 2.75. The molecule has 2 heterocycles. The van der Waals surface area contributed by atoms with Gasteiger partial charge in [-0.3, -0.25) is 9.78 Å². The van der Waals surface area contributed by atoms with Crippen molar-refractivity contribution in [3.63, 3.8) is 0 Å². The molecule has 1 aromatic carbocycles. The van der Waals surface area contributed by atoms with Gasteiger partial charge in [0.1, 0.15) is 5.82 Å². The Morgan fingerprint density at radius 1 is 1.21 bits per heavy atom. The number of nitrogens with one attached hydrogen (secondary N) is 1. The van der Waals surface area contributed by atoms with Gasteiger partial charge in [-0.05, 0) is 19.2 Å². The molecule has 0 atom stereocenters. The third kappa shape index (κ3) is 3.89. The topological polar surface area (TPSA) is 48.5 Å². The molecule has 0 saturated carbocycles. The zero-order valence-electron chi connectivity index (χ0n) is 13.7. The predicted molar refractivity (Wildman–Crippen MR) is 91.5 cm³/mol. The van der Waals surface area contributed by atoms with Crippen molar-refractivity contribution < 1.29 is 9.18 Å². The van der Waals surface area contributed by atoms with Crippen LogP contribution in [0.4, 0.5) is 10.1 Å². The molecule has 0 aliphatic carbocycles. The lowest BCUT2D eigenvalue weighted by Gasteiger charge is -2.33. The highest BCUT2D eigenvalue weighted by Crippen LogP contribution is 2.16. The van der Waals surface area contributed by atoms with E-state index in [4.69, 9.17) is 0 Å². The van der Waals surface area contributed by atoms with Crippen LogP contribution in [0.2, 0.25) is 0 Å². The number of hydrogen-bond donors (Lipinski definition) is 1. The van der Waals surface area contributed by atoms with Gasteiger partial charge in [-0.2, -0.15) is 0 Å². The molecule has 1 amide bonds. The van der Waals surface area contributed by atoms with Crippen molar-refractivity contribution in [2.45, 2.75) is 6.54 Å². The van der Waals surface area contributed by atoms with Crippen molar-refractivity contribution in [3.8, 4) is 0 Å². The highest BCUT2D eigenvalue weighted by atomic mass is 19.1. The second-order valence-electron chi connectivity index (χ2n) is 6.00. The quantitative estimate of drug-likeness (QED) is 0.931. The fraction of sp³-hybridized carbons (Fsp3) is 0.333. The molecule has 24 heavy (non-hydrogen) atoms. The van der Waals surface area contributed by atoms with Gasteiger partial charge in [0.25, 0.3) is 5.91 Å². The molecule has 1 fully saturated rings. The molecule has 6 heteroatoms. The van der Waals surface area contributed by atoms with Crippen LogP contribution in [0.5, 0.6) is 0 Å². The van der Waals surface area contributed by atoms with E-state index in [1.54, 1.807) is 24.4 Å². The van der Waals surface area contributed by atoms with Crippen molar-refractivity contribution in [3.05, 3.63) is 59.7 Å². The Morgan fingerprint density at radius 3 is 2.71 bits per heavy atom. The van der Waals surface area contributed by atoms with E-state index in [0.29, 0.717) is 11.1 Å². The van der Waals surface area contributed by atoms with Crippen LogP contribution in [-0.2, 0) is 6.54 Å². The first kappa shape index (κ1) is 16.4. The van der Waals surface area contributed by atoms with E-state index in [0.717, 1.165) is 31.9 Å². The number of hydrogen-bond acceptors (Lipinski definition) is 4. The normalized spacial score (nSPS) is 15.3. The molecule has 1 saturated heterocycles. The number of likely N-dealkylation sites (N-methyl/N-ethyl adjacent to an activating group) is 1. The van der Waals surface area contributed by atoms with Gasteiger partial charge in [-0.1, -0.05) is 18.2 Å². The molecular weight excluding hydrogens is 307 g/mol. The van der Waals surface area contributed by atoms with Crippen LogP contribution in [0.15, 0.2) is 42.7 Å². The standard InChI is InChI=1S/C18H21FN4O/c1-22-6-8-23(9-7-22)16-10-15(11-20-13-16)18(24)21-12-14-4-2-3-5-17(14)19/h2-5,10-11,13H,6-9,12H2,1H3,(H,21,24). The van der Waals surface area contributed by atoms with Crippen molar-refractivity contribution >= 4 is 11.6 Å². The van der Waals surface area contributed by atoms with E-state index in [-0.39, 0.29) is 18.3 Å². The van der Waals surface area contributed by atoms with Gasteiger partial charge in [-0.15, -0.1) is 0 Å². The van der Waals surface area contributed by atoms with E-state index in [2.05, 4.69) is 27.1 Å². The lowest BCUT2D eigenvalue weighted by molar-refractivity contribution is 0.0950. The summed E-state index contributed by atoms with van der Waals surface area (Å²) in [6.07, 6.45) is 3.31. The van der Waals surface area contributed by atoms with Crippen molar-refractivity contribution in [2.75, 3.05) is 38.1 Å². The van der Waals surface area contributed by atoms with Gasteiger partial charge in [0.15, 0.2) is 0 Å². The van der Waals surface area contributed by atoms with Crippen molar-refractivity contribution in [2.24, 2.45) is 0 Å². The summed E-state index contributed by atoms with van der Waals surface area (Å²) in [5.74, 6) is -0.566. The Bertz CT molecular complexity index is 714. The maximum atomic E-state index is 13.6. The number of anilines is 1. The van der Waals surface area contributed by atoms with E-state index < -0.39 is 0 Å².